The first-order valence-electron chi connectivity index (χ1n) is 5.87. The van der Waals surface area contributed by atoms with E-state index in [9.17, 15) is 14.0 Å². The van der Waals surface area contributed by atoms with Crippen LogP contribution in [0.5, 0.6) is 0 Å². The van der Waals surface area contributed by atoms with Crippen molar-refractivity contribution in [1.82, 2.24) is 4.90 Å². The molecular formula is C13H10FNO3S2. The molecule has 1 aromatic heterocycles. The van der Waals surface area contributed by atoms with Crippen LogP contribution in [0.2, 0.25) is 0 Å². The van der Waals surface area contributed by atoms with Crippen molar-refractivity contribution in [3.05, 3.63) is 35.0 Å². The molecule has 3 rings (SSSR count). The minimum Gasteiger partial charge on any atom is -0.480 e. The Morgan fingerprint density at radius 3 is 2.90 bits per heavy atom. The molecule has 0 aliphatic carbocycles. The first-order valence-corrected chi connectivity index (χ1v) is 7.84. The maximum atomic E-state index is 13.1. The molecular weight excluding hydrogens is 301 g/mol. The van der Waals surface area contributed by atoms with Gasteiger partial charge in [-0.05, 0) is 23.6 Å². The Morgan fingerprint density at radius 2 is 2.15 bits per heavy atom. The number of carboxylic acid groups (broad SMARTS) is 1. The van der Waals surface area contributed by atoms with E-state index >= 15 is 0 Å². The van der Waals surface area contributed by atoms with Gasteiger partial charge >= 0.3 is 5.97 Å². The van der Waals surface area contributed by atoms with Crippen LogP contribution in [0.3, 0.4) is 0 Å². The zero-order valence-corrected chi connectivity index (χ0v) is 11.8. The average Bonchev–Trinajstić information content (AvgIpc) is 3.03. The second kappa shape index (κ2) is 5.06. The van der Waals surface area contributed by atoms with E-state index in [1.54, 1.807) is 12.1 Å². The summed E-state index contributed by atoms with van der Waals surface area (Å²) in [6.45, 7) is 0. The van der Waals surface area contributed by atoms with Crippen LogP contribution in [0.15, 0.2) is 24.3 Å². The smallest absolute Gasteiger partial charge is 0.327 e. The van der Waals surface area contributed by atoms with Crippen LogP contribution >= 0.6 is 23.1 Å². The summed E-state index contributed by atoms with van der Waals surface area (Å²) in [4.78, 5) is 25.3. The summed E-state index contributed by atoms with van der Waals surface area (Å²) in [6, 6.07) is 5.24. The average molecular weight is 311 g/mol. The summed E-state index contributed by atoms with van der Waals surface area (Å²) < 4.78 is 13.8. The minimum atomic E-state index is -0.990. The first-order chi connectivity index (χ1) is 9.56. The van der Waals surface area contributed by atoms with E-state index in [1.807, 2.05) is 0 Å². The lowest BCUT2D eigenvalue weighted by molar-refractivity contribution is -0.140. The lowest BCUT2D eigenvalue weighted by Crippen LogP contribution is -2.41. The van der Waals surface area contributed by atoms with Gasteiger partial charge in [0.25, 0.3) is 5.91 Å². The number of thioether (sulfide) groups is 1. The van der Waals surface area contributed by atoms with Gasteiger partial charge < -0.3 is 10.0 Å². The van der Waals surface area contributed by atoms with E-state index in [0.717, 1.165) is 5.39 Å². The minimum absolute atomic E-state index is 0.302. The molecule has 1 atom stereocenters. The van der Waals surface area contributed by atoms with Crippen molar-refractivity contribution in [1.29, 1.82) is 0 Å². The Balaban J connectivity index is 1.94. The molecule has 1 aliphatic heterocycles. The topological polar surface area (TPSA) is 57.6 Å². The van der Waals surface area contributed by atoms with Gasteiger partial charge in [-0.3, -0.25) is 4.79 Å². The number of benzene rings is 1. The summed E-state index contributed by atoms with van der Waals surface area (Å²) in [5, 5.41) is 9.89. The molecule has 1 aromatic carbocycles. The van der Waals surface area contributed by atoms with Gasteiger partial charge in [0.1, 0.15) is 11.9 Å². The number of amides is 1. The number of nitrogens with zero attached hydrogens (tertiary/aromatic N) is 1. The highest BCUT2D eigenvalue weighted by Crippen LogP contribution is 2.30. The zero-order valence-electron chi connectivity index (χ0n) is 10.2. The molecule has 1 N–H and O–H groups in total. The van der Waals surface area contributed by atoms with E-state index in [2.05, 4.69) is 0 Å². The third-order valence-electron chi connectivity index (χ3n) is 3.12. The van der Waals surface area contributed by atoms with Crippen molar-refractivity contribution in [2.45, 2.75) is 6.04 Å². The lowest BCUT2D eigenvalue weighted by atomic mass is 10.2. The van der Waals surface area contributed by atoms with Crippen molar-refractivity contribution >= 4 is 45.1 Å². The molecule has 2 aromatic rings. The van der Waals surface area contributed by atoms with Crippen molar-refractivity contribution in [3.8, 4) is 0 Å². The Kier molecular flexibility index (Phi) is 3.39. The lowest BCUT2D eigenvalue weighted by Gasteiger charge is -2.19. The van der Waals surface area contributed by atoms with Crippen LogP contribution in [-0.2, 0) is 4.79 Å². The van der Waals surface area contributed by atoms with Crippen LogP contribution in [0.4, 0.5) is 4.39 Å². The second-order valence-corrected chi connectivity index (χ2v) is 6.51. The number of rotatable bonds is 2. The standard InChI is InChI=1S/C13H10FNO3S2/c14-8-2-1-7-3-11(20-10(7)4-8)12(16)15-6-19-5-9(15)13(17)18/h1-4,9H,5-6H2,(H,17,18). The molecule has 1 aliphatic rings. The van der Waals surface area contributed by atoms with Gasteiger partial charge in [-0.1, -0.05) is 6.07 Å². The fourth-order valence-corrected chi connectivity index (χ4v) is 4.29. The maximum absolute atomic E-state index is 13.1. The molecule has 1 amide bonds. The SMILES string of the molecule is O=C(O)C1CSCN1C(=O)c1cc2ccc(F)cc2s1. The number of fused-ring (bicyclic) bond motifs is 1. The molecule has 2 heterocycles. The third-order valence-corrected chi connectivity index (χ3v) is 5.22. The van der Waals surface area contributed by atoms with Crippen molar-refractivity contribution in [3.63, 3.8) is 0 Å². The van der Waals surface area contributed by atoms with Crippen molar-refractivity contribution in [2.24, 2.45) is 0 Å². The highest BCUT2D eigenvalue weighted by Gasteiger charge is 2.35. The quantitative estimate of drug-likeness (QED) is 0.926. The number of carbonyl (C=O) groups is 2. The summed E-state index contributed by atoms with van der Waals surface area (Å²) in [5.74, 6) is -0.864. The zero-order chi connectivity index (χ0) is 14.3. The fraction of sp³-hybridized carbons (Fsp3) is 0.231. The van der Waals surface area contributed by atoms with Gasteiger partial charge in [0, 0.05) is 10.5 Å². The molecule has 0 saturated carbocycles. The van der Waals surface area contributed by atoms with Crippen LogP contribution in [0.25, 0.3) is 10.1 Å². The number of thiophene rings is 1. The fourth-order valence-electron chi connectivity index (χ4n) is 2.10. The molecule has 20 heavy (non-hydrogen) atoms. The molecule has 1 unspecified atom stereocenters. The second-order valence-electron chi connectivity index (χ2n) is 4.42. The summed E-state index contributed by atoms with van der Waals surface area (Å²) >= 11 is 2.61. The molecule has 1 saturated heterocycles. The number of carbonyl (C=O) groups excluding carboxylic acids is 1. The number of aliphatic carboxylic acids is 1. The van der Waals surface area contributed by atoms with Crippen molar-refractivity contribution < 1.29 is 19.1 Å². The summed E-state index contributed by atoms with van der Waals surface area (Å²) in [6.07, 6.45) is 0. The normalized spacial score (nSPS) is 18.6. The Labute approximate surface area is 122 Å². The Hall–Kier alpha value is -1.60. The summed E-state index contributed by atoms with van der Waals surface area (Å²) in [7, 11) is 0. The Bertz CT molecular complexity index is 700. The number of hydrogen-bond donors (Lipinski definition) is 1. The largest absolute Gasteiger partial charge is 0.480 e. The van der Waals surface area contributed by atoms with Crippen LogP contribution in [-0.4, -0.2) is 39.6 Å². The molecule has 104 valence electrons. The van der Waals surface area contributed by atoms with Gasteiger partial charge in [0.05, 0.1) is 10.8 Å². The highest BCUT2D eigenvalue weighted by molar-refractivity contribution is 7.99. The van der Waals surface area contributed by atoms with Gasteiger partial charge in [-0.25, -0.2) is 9.18 Å². The van der Waals surface area contributed by atoms with Crippen molar-refractivity contribution in [2.75, 3.05) is 11.6 Å². The van der Waals surface area contributed by atoms with Gasteiger partial charge in [0.2, 0.25) is 0 Å². The van der Waals surface area contributed by atoms with Gasteiger partial charge in [-0.2, -0.15) is 0 Å². The highest BCUT2D eigenvalue weighted by atomic mass is 32.2. The maximum Gasteiger partial charge on any atom is 0.327 e. The summed E-state index contributed by atoms with van der Waals surface area (Å²) in [5.41, 5.74) is 0. The van der Waals surface area contributed by atoms with Gasteiger partial charge in [0.15, 0.2) is 0 Å². The van der Waals surface area contributed by atoms with E-state index < -0.39 is 12.0 Å². The Morgan fingerprint density at radius 1 is 1.35 bits per heavy atom. The first kappa shape index (κ1) is 13.4. The number of halogens is 1. The third kappa shape index (κ3) is 2.27. The molecule has 4 nitrogen and oxygen atoms in total. The van der Waals surface area contributed by atoms with Gasteiger partial charge in [-0.15, -0.1) is 23.1 Å². The monoisotopic (exact) mass is 311 g/mol. The van der Waals surface area contributed by atoms with Crippen LogP contribution in [0.1, 0.15) is 9.67 Å². The molecule has 0 spiro atoms. The predicted octanol–water partition coefficient (Wildman–Crippen LogP) is 2.64. The predicted molar refractivity (Wildman–Crippen MR) is 76.7 cm³/mol. The van der Waals surface area contributed by atoms with E-state index in [0.29, 0.717) is 21.2 Å². The molecule has 7 heteroatoms. The van der Waals surface area contributed by atoms with Crippen LogP contribution in [0, 0.1) is 5.82 Å². The van der Waals surface area contributed by atoms with E-state index in [-0.39, 0.29) is 11.7 Å². The van der Waals surface area contributed by atoms with E-state index in [4.69, 9.17) is 5.11 Å². The number of hydrogen-bond acceptors (Lipinski definition) is 4. The molecule has 0 radical (unpaired) electrons. The van der Waals surface area contributed by atoms with E-state index in [1.165, 1.54) is 40.1 Å². The van der Waals surface area contributed by atoms with Crippen LogP contribution < -0.4 is 0 Å². The molecule has 0 bridgehead atoms. The number of carboxylic acids is 1. The molecule has 1 fully saturated rings.